The Labute approximate surface area is 253 Å². The second-order valence-electron chi connectivity index (χ2n) is 9.66. The van der Waals surface area contributed by atoms with Crippen LogP contribution in [0.5, 0.6) is 0 Å². The van der Waals surface area contributed by atoms with Crippen LogP contribution in [0.2, 0.25) is 10.0 Å². The van der Waals surface area contributed by atoms with Gasteiger partial charge in [-0.1, -0.05) is 29.3 Å². The number of amides is 1. The molecule has 230 valence electrons. The van der Waals surface area contributed by atoms with Gasteiger partial charge in [-0.25, -0.2) is 13.4 Å². The summed E-state index contributed by atoms with van der Waals surface area (Å²) in [5, 5.41) is 16.4. The van der Waals surface area contributed by atoms with E-state index < -0.39 is 49.5 Å². The van der Waals surface area contributed by atoms with Gasteiger partial charge in [-0.3, -0.25) is 9.59 Å². The largest absolute Gasteiger partial charge is 0.481 e. The van der Waals surface area contributed by atoms with Crippen LogP contribution in [0.15, 0.2) is 21.4 Å². The van der Waals surface area contributed by atoms with Gasteiger partial charge < -0.3 is 14.4 Å². The van der Waals surface area contributed by atoms with Gasteiger partial charge in [0.1, 0.15) is 16.6 Å². The average molecular weight is 673 g/mol. The van der Waals surface area contributed by atoms with Crippen LogP contribution in [0.4, 0.5) is 13.2 Å². The first kappa shape index (κ1) is 33.7. The number of benzene rings is 1. The average Bonchev–Trinajstić information content (AvgIpc) is 3.52. The van der Waals surface area contributed by atoms with E-state index in [1.807, 2.05) is 0 Å². The molecule has 0 aliphatic heterocycles. The fourth-order valence-electron chi connectivity index (χ4n) is 3.54. The van der Waals surface area contributed by atoms with Crippen molar-refractivity contribution >= 4 is 56.4 Å². The number of hydrogen-bond donors (Lipinski definition) is 2. The molecule has 0 spiro atoms. The highest BCUT2D eigenvalue weighted by Gasteiger charge is 2.40. The molecular weight excluding hydrogens is 646 g/mol. The molecule has 42 heavy (non-hydrogen) atoms. The maximum Gasteiger partial charge on any atom is 0.404 e. The van der Waals surface area contributed by atoms with Crippen molar-refractivity contribution in [1.82, 2.24) is 24.8 Å². The number of carbonyl (C=O) groups excluding carboxylic acids is 1. The Morgan fingerprint density at radius 3 is 2.31 bits per heavy atom. The number of carboxylic acids is 1. The Balaban J connectivity index is 2.13. The zero-order valence-electron chi connectivity index (χ0n) is 22.8. The Hall–Kier alpha value is -2.79. The molecule has 11 nitrogen and oxygen atoms in total. The number of hydrogen-bond acceptors (Lipinski definition) is 9. The Morgan fingerprint density at radius 2 is 1.76 bits per heavy atom. The summed E-state index contributed by atoms with van der Waals surface area (Å²) in [4.78, 5) is 30.2. The molecule has 1 aromatic carbocycles. The topological polar surface area (TPSA) is 156 Å². The first-order valence-electron chi connectivity index (χ1n) is 12.3. The van der Waals surface area contributed by atoms with Crippen molar-refractivity contribution in [1.29, 1.82) is 0 Å². The van der Waals surface area contributed by atoms with Crippen LogP contribution >= 0.6 is 34.5 Å². The van der Waals surface area contributed by atoms with Gasteiger partial charge in [0, 0.05) is 25.1 Å². The first-order valence-corrected chi connectivity index (χ1v) is 15.3. The number of halogens is 5. The van der Waals surface area contributed by atoms with Gasteiger partial charge in [0.05, 0.1) is 20.3 Å². The van der Waals surface area contributed by atoms with Crippen LogP contribution in [0, 0.1) is 5.41 Å². The molecule has 0 aliphatic rings. The lowest BCUT2D eigenvalue weighted by atomic mass is 9.90. The minimum Gasteiger partial charge on any atom is -0.481 e. The minimum atomic E-state index is -4.85. The lowest BCUT2D eigenvalue weighted by molar-refractivity contribution is -0.147. The normalized spacial score (nSPS) is 13.3. The first-order chi connectivity index (χ1) is 19.3. The van der Waals surface area contributed by atoms with E-state index in [4.69, 9.17) is 27.6 Å². The molecule has 3 rings (SSSR count). The standard InChI is InChI=1S/C24H26Cl2F3N5O6S2/c1-6-34(7-2)21(35)17-18(41-20(30-17)19-32-31-14(40-19)10-23(4,5)22(36)37)12-8-9-13(16(26)15(12)25)42(38,39)33-11(3)24(27,28)29/h8-9,11,33H,6-7,10H2,1-5H3,(H,36,37). The third-order valence-electron chi connectivity index (χ3n) is 6.11. The van der Waals surface area contributed by atoms with Crippen molar-refractivity contribution in [2.75, 3.05) is 13.1 Å². The zero-order chi connectivity index (χ0) is 31.8. The van der Waals surface area contributed by atoms with Crippen LogP contribution in [-0.4, -0.2) is 70.8 Å². The highest BCUT2D eigenvalue weighted by Crippen LogP contribution is 2.43. The molecule has 2 aromatic heterocycles. The number of carbonyl (C=O) groups is 2. The van der Waals surface area contributed by atoms with Gasteiger partial charge in [-0.2, -0.15) is 17.9 Å². The van der Waals surface area contributed by atoms with Crippen LogP contribution in [-0.2, 0) is 21.2 Å². The molecule has 2 heterocycles. The number of aromatic nitrogens is 3. The molecule has 0 radical (unpaired) electrons. The smallest absolute Gasteiger partial charge is 0.404 e. The molecule has 0 saturated carbocycles. The molecule has 0 saturated heterocycles. The summed E-state index contributed by atoms with van der Waals surface area (Å²) in [6.45, 7) is 7.75. The lowest BCUT2D eigenvalue weighted by Crippen LogP contribution is -2.43. The molecule has 0 aliphatic carbocycles. The van der Waals surface area contributed by atoms with Crippen LogP contribution in [0.1, 0.15) is 51.0 Å². The van der Waals surface area contributed by atoms with Crippen LogP contribution < -0.4 is 4.72 Å². The van der Waals surface area contributed by atoms with E-state index in [1.54, 1.807) is 13.8 Å². The second kappa shape index (κ2) is 12.4. The van der Waals surface area contributed by atoms with Crippen molar-refractivity contribution < 1.29 is 40.7 Å². The van der Waals surface area contributed by atoms with E-state index in [0.29, 0.717) is 20.0 Å². The van der Waals surface area contributed by atoms with E-state index in [0.717, 1.165) is 17.4 Å². The lowest BCUT2D eigenvalue weighted by Gasteiger charge is -2.19. The summed E-state index contributed by atoms with van der Waals surface area (Å²) in [5.41, 5.74) is -1.22. The molecule has 1 atom stereocenters. The van der Waals surface area contributed by atoms with Crippen molar-refractivity contribution in [2.45, 2.75) is 58.2 Å². The number of thiazole rings is 1. The van der Waals surface area contributed by atoms with E-state index in [2.05, 4.69) is 15.2 Å². The molecule has 0 fully saturated rings. The summed E-state index contributed by atoms with van der Waals surface area (Å²) in [7, 11) is -4.75. The van der Waals surface area contributed by atoms with Crippen molar-refractivity contribution in [3.63, 3.8) is 0 Å². The quantitative estimate of drug-likeness (QED) is 0.267. The monoisotopic (exact) mass is 671 g/mol. The summed E-state index contributed by atoms with van der Waals surface area (Å²) < 4.78 is 71.5. The number of carboxylic acid groups (broad SMARTS) is 1. The van der Waals surface area contributed by atoms with Gasteiger partial charge in [-0.15, -0.1) is 21.5 Å². The van der Waals surface area contributed by atoms with Crippen molar-refractivity contribution in [2.24, 2.45) is 5.41 Å². The molecule has 3 aromatic rings. The zero-order valence-corrected chi connectivity index (χ0v) is 26.0. The Morgan fingerprint density at radius 1 is 1.14 bits per heavy atom. The molecule has 18 heteroatoms. The second-order valence-corrected chi connectivity index (χ2v) is 13.1. The minimum absolute atomic E-state index is 0.0157. The fourth-order valence-corrected chi connectivity index (χ4v) is 6.70. The summed E-state index contributed by atoms with van der Waals surface area (Å²) in [5.74, 6) is -1.68. The van der Waals surface area contributed by atoms with E-state index in [9.17, 15) is 36.3 Å². The molecule has 0 bridgehead atoms. The maximum atomic E-state index is 13.4. The van der Waals surface area contributed by atoms with Gasteiger partial charge in [0.2, 0.25) is 15.9 Å². The number of alkyl halides is 3. The van der Waals surface area contributed by atoms with E-state index in [1.165, 1.54) is 29.5 Å². The van der Waals surface area contributed by atoms with Gasteiger partial charge in [0.15, 0.2) is 5.01 Å². The van der Waals surface area contributed by atoms with Crippen LogP contribution in [0.25, 0.3) is 21.3 Å². The Bertz CT molecular complexity index is 1600. The molecule has 1 unspecified atom stereocenters. The third kappa shape index (κ3) is 7.05. The van der Waals surface area contributed by atoms with Gasteiger partial charge >= 0.3 is 12.1 Å². The Kier molecular flexibility index (Phi) is 9.99. The predicted molar refractivity (Wildman–Crippen MR) is 149 cm³/mol. The summed E-state index contributed by atoms with van der Waals surface area (Å²) >= 11 is 13.6. The van der Waals surface area contributed by atoms with Crippen molar-refractivity contribution in [3.05, 3.63) is 33.8 Å². The molecular formula is C24H26Cl2F3N5O6S2. The van der Waals surface area contributed by atoms with E-state index >= 15 is 0 Å². The molecule has 1 amide bonds. The van der Waals surface area contributed by atoms with Gasteiger partial charge in [-0.05, 0) is 40.7 Å². The number of aliphatic carboxylic acids is 1. The van der Waals surface area contributed by atoms with E-state index in [-0.39, 0.29) is 44.4 Å². The number of nitrogens with zero attached hydrogens (tertiary/aromatic N) is 4. The number of nitrogens with one attached hydrogen (secondary N) is 1. The fraction of sp³-hybridized carbons (Fsp3) is 0.458. The summed E-state index contributed by atoms with van der Waals surface area (Å²) in [6, 6.07) is -0.232. The maximum absolute atomic E-state index is 13.4. The van der Waals surface area contributed by atoms with Crippen LogP contribution in [0.3, 0.4) is 0 Å². The highest BCUT2D eigenvalue weighted by atomic mass is 35.5. The van der Waals surface area contributed by atoms with Gasteiger partial charge in [0.25, 0.3) is 11.8 Å². The highest BCUT2D eigenvalue weighted by molar-refractivity contribution is 7.89. The number of sulfonamides is 1. The third-order valence-corrected chi connectivity index (χ3v) is 9.76. The number of rotatable bonds is 11. The SMILES string of the molecule is CCN(CC)C(=O)c1nc(-c2nnc(CC(C)(C)C(=O)O)o2)sc1-c1ccc(S(=O)(=O)NC(C)C(F)(F)F)c(Cl)c1Cl. The molecule has 2 N–H and O–H groups in total. The summed E-state index contributed by atoms with van der Waals surface area (Å²) in [6.07, 6.45) is -4.93. The van der Waals surface area contributed by atoms with Crippen molar-refractivity contribution in [3.8, 4) is 21.3 Å². The predicted octanol–water partition coefficient (Wildman–Crippen LogP) is 5.53.